The Labute approximate surface area is 208 Å². The number of amides is 1. The molecule has 178 valence electrons. The molecule has 1 amide bonds. The second-order valence-electron chi connectivity index (χ2n) is 7.56. The Morgan fingerprint density at radius 2 is 1.82 bits per heavy atom. The summed E-state index contributed by atoms with van der Waals surface area (Å²) in [6, 6.07) is 9.30. The molecule has 1 saturated heterocycles. The van der Waals surface area contributed by atoms with Crippen molar-refractivity contribution in [3.05, 3.63) is 62.6 Å². The van der Waals surface area contributed by atoms with Gasteiger partial charge in [0.25, 0.3) is 0 Å². The van der Waals surface area contributed by atoms with E-state index in [1.54, 1.807) is 31.2 Å². The van der Waals surface area contributed by atoms with Gasteiger partial charge in [-0.3, -0.25) is 4.79 Å². The molecule has 1 heterocycles. The van der Waals surface area contributed by atoms with Crippen molar-refractivity contribution in [3.63, 3.8) is 0 Å². The number of carbonyl (C=O) groups excluding carboxylic acids is 2. The van der Waals surface area contributed by atoms with Crippen LogP contribution in [0.4, 0.5) is 5.69 Å². The Hall–Kier alpha value is -1.84. The zero-order chi connectivity index (χ0) is 24.2. The average molecular weight is 534 g/mol. The Balaban J connectivity index is 1.68. The van der Waals surface area contributed by atoms with Gasteiger partial charge in [-0.2, -0.15) is 0 Å². The smallest absolute Gasteiger partial charge is 0.339 e. The third-order valence-corrected chi connectivity index (χ3v) is 8.06. The van der Waals surface area contributed by atoms with Gasteiger partial charge in [0.1, 0.15) is 0 Å². The van der Waals surface area contributed by atoms with Crippen LogP contribution < -0.4 is 5.32 Å². The molecule has 0 spiro atoms. The van der Waals surface area contributed by atoms with Gasteiger partial charge in [-0.25, -0.2) is 17.5 Å². The van der Waals surface area contributed by atoms with E-state index in [0.717, 1.165) is 0 Å². The first kappa shape index (κ1) is 25.8. The average Bonchev–Trinajstić information content (AvgIpc) is 2.77. The fraction of sp³-hybridized carbons (Fsp3) is 0.364. The number of anilines is 1. The second-order valence-corrected chi connectivity index (χ2v) is 10.7. The molecule has 1 N–H and O–H groups in total. The number of benzene rings is 2. The van der Waals surface area contributed by atoms with Crippen LogP contribution in [0.25, 0.3) is 0 Å². The molecule has 1 unspecified atom stereocenters. The number of nitrogens with zero attached hydrogens (tertiary/aromatic N) is 1. The normalized spacial score (nSPS) is 16.9. The summed E-state index contributed by atoms with van der Waals surface area (Å²) in [5.74, 6) is -1.76. The Kier molecular flexibility index (Phi) is 8.64. The summed E-state index contributed by atoms with van der Waals surface area (Å²) in [4.78, 5) is 24.7. The van der Waals surface area contributed by atoms with E-state index in [1.807, 2.05) is 0 Å². The minimum Gasteiger partial charge on any atom is -0.462 e. The van der Waals surface area contributed by atoms with Crippen LogP contribution in [0.15, 0.2) is 36.4 Å². The molecule has 0 bridgehead atoms. The van der Waals surface area contributed by atoms with Gasteiger partial charge in [-0.05, 0) is 50.1 Å². The predicted octanol–water partition coefficient (Wildman–Crippen LogP) is 5.00. The van der Waals surface area contributed by atoms with Crippen LogP contribution >= 0.6 is 34.8 Å². The molecule has 1 fully saturated rings. The molecule has 1 aliphatic heterocycles. The van der Waals surface area contributed by atoms with Crippen molar-refractivity contribution in [2.75, 3.05) is 25.0 Å². The quantitative estimate of drug-likeness (QED) is 0.505. The van der Waals surface area contributed by atoms with Crippen molar-refractivity contribution in [1.82, 2.24) is 4.31 Å². The highest BCUT2D eigenvalue weighted by atomic mass is 35.5. The van der Waals surface area contributed by atoms with Crippen molar-refractivity contribution in [2.45, 2.75) is 25.5 Å². The van der Waals surface area contributed by atoms with Crippen LogP contribution in [0.1, 0.15) is 35.7 Å². The van der Waals surface area contributed by atoms with E-state index in [-0.39, 0.29) is 45.4 Å². The van der Waals surface area contributed by atoms with Gasteiger partial charge in [0.15, 0.2) is 0 Å². The first-order valence-corrected chi connectivity index (χ1v) is 13.0. The largest absolute Gasteiger partial charge is 0.462 e. The molecule has 0 radical (unpaired) electrons. The number of ether oxygens (including phenoxy) is 1. The van der Waals surface area contributed by atoms with Crippen molar-refractivity contribution in [3.8, 4) is 0 Å². The van der Waals surface area contributed by atoms with Crippen LogP contribution in [-0.2, 0) is 25.3 Å². The minimum absolute atomic E-state index is 0.0465. The molecule has 1 aliphatic rings. The summed E-state index contributed by atoms with van der Waals surface area (Å²) in [5.41, 5.74) is 0.939. The maximum atomic E-state index is 13.0. The SMILES string of the molecule is CCOC(=O)c1ccc(NC(=O)C2CCCN(S(=O)(=O)Cc3c(Cl)cccc3Cl)C2)cc1Cl. The molecule has 3 rings (SSSR count). The highest BCUT2D eigenvalue weighted by Gasteiger charge is 2.33. The Morgan fingerprint density at radius 1 is 1.12 bits per heavy atom. The molecule has 7 nitrogen and oxygen atoms in total. The number of hydrogen-bond acceptors (Lipinski definition) is 5. The van der Waals surface area contributed by atoms with E-state index < -0.39 is 21.9 Å². The molecular formula is C22H23Cl3N2O5S. The number of nitrogens with one attached hydrogen (secondary N) is 1. The summed E-state index contributed by atoms with van der Waals surface area (Å²) in [7, 11) is -3.74. The monoisotopic (exact) mass is 532 g/mol. The van der Waals surface area contributed by atoms with Crippen LogP contribution in [0.5, 0.6) is 0 Å². The molecule has 0 aromatic heterocycles. The lowest BCUT2D eigenvalue weighted by Crippen LogP contribution is -2.44. The van der Waals surface area contributed by atoms with Crippen LogP contribution in [0, 0.1) is 5.92 Å². The zero-order valence-electron chi connectivity index (χ0n) is 17.8. The van der Waals surface area contributed by atoms with Crippen molar-refractivity contribution >= 4 is 62.4 Å². The summed E-state index contributed by atoms with van der Waals surface area (Å²) in [5, 5.41) is 3.46. The van der Waals surface area contributed by atoms with E-state index in [9.17, 15) is 18.0 Å². The molecular weight excluding hydrogens is 511 g/mol. The predicted molar refractivity (Wildman–Crippen MR) is 129 cm³/mol. The van der Waals surface area contributed by atoms with Gasteiger partial charge in [0, 0.05) is 34.4 Å². The maximum absolute atomic E-state index is 13.0. The molecule has 33 heavy (non-hydrogen) atoms. The zero-order valence-corrected chi connectivity index (χ0v) is 20.9. The summed E-state index contributed by atoms with van der Waals surface area (Å²) >= 11 is 18.4. The van der Waals surface area contributed by atoms with Crippen molar-refractivity contribution in [1.29, 1.82) is 0 Å². The van der Waals surface area contributed by atoms with Crippen LogP contribution in [-0.4, -0.2) is 44.3 Å². The minimum atomic E-state index is -3.74. The van der Waals surface area contributed by atoms with E-state index >= 15 is 0 Å². The van der Waals surface area contributed by atoms with Gasteiger partial charge >= 0.3 is 5.97 Å². The molecule has 1 atom stereocenters. The lowest BCUT2D eigenvalue weighted by molar-refractivity contribution is -0.120. The molecule has 0 saturated carbocycles. The third-order valence-electron chi connectivity index (χ3n) is 5.27. The van der Waals surface area contributed by atoms with Gasteiger partial charge in [-0.15, -0.1) is 0 Å². The third kappa shape index (κ3) is 6.39. The first-order chi connectivity index (χ1) is 15.6. The Morgan fingerprint density at radius 3 is 2.45 bits per heavy atom. The second kappa shape index (κ2) is 11.1. The fourth-order valence-corrected chi connectivity index (χ4v) is 6.18. The fourth-order valence-electron chi connectivity index (χ4n) is 3.56. The molecule has 11 heteroatoms. The van der Waals surface area contributed by atoms with E-state index in [1.165, 1.54) is 16.4 Å². The van der Waals surface area contributed by atoms with Crippen molar-refractivity contribution in [2.24, 2.45) is 5.92 Å². The highest BCUT2D eigenvalue weighted by molar-refractivity contribution is 7.88. The molecule has 0 aliphatic carbocycles. The number of hydrogen-bond donors (Lipinski definition) is 1. The van der Waals surface area contributed by atoms with E-state index in [2.05, 4.69) is 5.32 Å². The summed E-state index contributed by atoms with van der Waals surface area (Å²) in [6.07, 6.45) is 1.08. The highest BCUT2D eigenvalue weighted by Crippen LogP contribution is 2.29. The first-order valence-electron chi connectivity index (χ1n) is 10.3. The Bertz CT molecular complexity index is 1140. The summed E-state index contributed by atoms with van der Waals surface area (Å²) < 4.78 is 32.2. The summed E-state index contributed by atoms with van der Waals surface area (Å²) in [6.45, 7) is 2.27. The van der Waals surface area contributed by atoms with E-state index in [4.69, 9.17) is 39.5 Å². The van der Waals surface area contributed by atoms with Gasteiger partial charge in [-0.1, -0.05) is 40.9 Å². The lowest BCUT2D eigenvalue weighted by atomic mass is 9.98. The van der Waals surface area contributed by atoms with Gasteiger partial charge < -0.3 is 10.1 Å². The number of carbonyl (C=O) groups is 2. The van der Waals surface area contributed by atoms with Gasteiger partial charge in [0.05, 0.1) is 28.9 Å². The van der Waals surface area contributed by atoms with Gasteiger partial charge in [0.2, 0.25) is 15.9 Å². The standard InChI is InChI=1S/C22H23Cl3N2O5S/c1-2-32-22(29)16-9-8-15(11-20(16)25)26-21(28)14-5-4-10-27(12-14)33(30,31)13-17-18(23)6-3-7-19(17)24/h3,6-9,11,14H,2,4-5,10,12-13H2,1H3,(H,26,28). The number of piperidine rings is 1. The molecule has 2 aromatic rings. The van der Waals surface area contributed by atoms with E-state index in [0.29, 0.717) is 30.6 Å². The van der Waals surface area contributed by atoms with Crippen LogP contribution in [0.3, 0.4) is 0 Å². The molecule has 2 aromatic carbocycles. The number of sulfonamides is 1. The number of rotatable bonds is 7. The number of esters is 1. The number of halogens is 3. The topological polar surface area (TPSA) is 92.8 Å². The maximum Gasteiger partial charge on any atom is 0.339 e. The van der Waals surface area contributed by atoms with Crippen LogP contribution in [0.2, 0.25) is 15.1 Å². The lowest BCUT2D eigenvalue weighted by Gasteiger charge is -2.31. The van der Waals surface area contributed by atoms with Crippen molar-refractivity contribution < 1.29 is 22.7 Å².